The van der Waals surface area contributed by atoms with Crippen LogP contribution in [0, 0.1) is 0 Å². The number of hydrogen-bond acceptors (Lipinski definition) is 9. The van der Waals surface area contributed by atoms with E-state index in [1.807, 2.05) is 29.7 Å². The number of H-pyrrole nitrogens is 1. The van der Waals surface area contributed by atoms with E-state index in [0.717, 1.165) is 70.8 Å². The van der Waals surface area contributed by atoms with Crippen molar-refractivity contribution in [3.63, 3.8) is 0 Å². The van der Waals surface area contributed by atoms with Gasteiger partial charge in [-0.2, -0.15) is 5.10 Å². The van der Waals surface area contributed by atoms with Crippen LogP contribution < -0.4 is 10.6 Å². The number of nitrogens with two attached hydrogens (primary N) is 1. The highest BCUT2D eigenvalue weighted by Crippen LogP contribution is 2.37. The first kappa shape index (κ1) is 24.7. The van der Waals surface area contributed by atoms with Gasteiger partial charge in [-0.15, -0.1) is 11.3 Å². The predicted octanol–water partition coefficient (Wildman–Crippen LogP) is 3.79. The Morgan fingerprint density at radius 3 is 2.97 bits per heavy atom. The zero-order chi connectivity index (χ0) is 25.2. The van der Waals surface area contributed by atoms with Crippen molar-refractivity contribution in [2.24, 2.45) is 5.73 Å². The van der Waals surface area contributed by atoms with Gasteiger partial charge < -0.3 is 20.1 Å². The zero-order valence-electron chi connectivity index (χ0n) is 21.4. The SMILES string of the molecule is COCCC(N)N1CCCCC1Cc1cc2nc(-c3cccc4[nH]ncc34)nc(N3CCOCC3)c2s1. The number of piperidine rings is 1. The maximum absolute atomic E-state index is 6.60. The number of likely N-dealkylation sites (tertiary alicyclic amines) is 1. The van der Waals surface area contributed by atoms with Crippen LogP contribution in [0.1, 0.15) is 30.6 Å². The number of benzene rings is 1. The van der Waals surface area contributed by atoms with Gasteiger partial charge in [0.05, 0.1) is 41.3 Å². The van der Waals surface area contributed by atoms with Crippen LogP contribution in [0.4, 0.5) is 5.82 Å². The van der Waals surface area contributed by atoms with Crippen molar-refractivity contribution < 1.29 is 9.47 Å². The molecule has 0 aliphatic carbocycles. The predicted molar refractivity (Wildman–Crippen MR) is 148 cm³/mol. The minimum Gasteiger partial charge on any atom is -0.385 e. The number of rotatable bonds is 8. The third kappa shape index (κ3) is 5.08. The maximum Gasteiger partial charge on any atom is 0.162 e. The number of fused-ring (bicyclic) bond motifs is 2. The molecule has 0 spiro atoms. The van der Waals surface area contributed by atoms with Gasteiger partial charge in [0.25, 0.3) is 0 Å². The number of hydrogen-bond donors (Lipinski definition) is 2. The second-order valence-corrected chi connectivity index (χ2v) is 11.1. The van der Waals surface area contributed by atoms with Gasteiger partial charge in [0, 0.05) is 48.7 Å². The molecular weight excluding hydrogens is 486 g/mol. The molecule has 37 heavy (non-hydrogen) atoms. The minimum atomic E-state index is 0.0328. The average Bonchev–Trinajstić information content (AvgIpc) is 3.58. The third-order valence-corrected chi connectivity index (χ3v) is 8.74. The molecule has 1 aromatic carbocycles. The average molecular weight is 522 g/mol. The molecule has 0 saturated carbocycles. The first-order chi connectivity index (χ1) is 18.2. The number of aromatic nitrogens is 4. The van der Waals surface area contributed by atoms with E-state index in [1.165, 1.54) is 24.1 Å². The van der Waals surface area contributed by atoms with Gasteiger partial charge in [0.1, 0.15) is 0 Å². The summed E-state index contributed by atoms with van der Waals surface area (Å²) in [5.74, 6) is 1.75. The van der Waals surface area contributed by atoms with Crippen LogP contribution in [-0.4, -0.2) is 83.8 Å². The number of nitrogens with zero attached hydrogens (tertiary/aromatic N) is 5. The van der Waals surface area contributed by atoms with E-state index in [4.69, 9.17) is 25.2 Å². The van der Waals surface area contributed by atoms with Gasteiger partial charge in [0.2, 0.25) is 0 Å². The standard InChI is InChI=1S/C27H35N7O2S/c1-35-12-8-24(28)34-9-3-2-5-18(34)15-19-16-23-25(37-19)27(33-10-13-36-14-11-33)31-26(30-23)20-6-4-7-22-21(20)17-29-32-22/h4,6-7,16-18,24H,2-3,5,8-15,28H2,1H3,(H,29,32). The van der Waals surface area contributed by atoms with Crippen molar-refractivity contribution in [2.45, 2.75) is 44.3 Å². The lowest BCUT2D eigenvalue weighted by Gasteiger charge is -2.39. The third-order valence-electron chi connectivity index (χ3n) is 7.59. The van der Waals surface area contributed by atoms with E-state index in [2.05, 4.69) is 32.1 Å². The molecular formula is C27H35N7O2S. The lowest BCUT2D eigenvalue weighted by Crippen LogP contribution is -2.51. The molecule has 5 heterocycles. The molecule has 3 aromatic heterocycles. The Kier molecular flexibility index (Phi) is 7.34. The van der Waals surface area contributed by atoms with Crippen LogP contribution in [0.2, 0.25) is 0 Å². The Labute approximate surface area is 221 Å². The number of morpholine rings is 1. The van der Waals surface area contributed by atoms with E-state index in [1.54, 1.807) is 7.11 Å². The normalized spacial score (nSPS) is 20.2. The molecule has 2 saturated heterocycles. The van der Waals surface area contributed by atoms with Crippen molar-refractivity contribution in [1.29, 1.82) is 0 Å². The van der Waals surface area contributed by atoms with Crippen LogP contribution in [0.15, 0.2) is 30.5 Å². The number of methoxy groups -OCH3 is 1. The Balaban J connectivity index is 1.37. The number of ether oxygens (including phenoxy) is 2. The molecule has 3 N–H and O–H groups in total. The quantitative estimate of drug-likeness (QED) is 0.361. The fourth-order valence-electron chi connectivity index (χ4n) is 5.65. The Morgan fingerprint density at radius 2 is 2.11 bits per heavy atom. The molecule has 4 aromatic rings. The smallest absolute Gasteiger partial charge is 0.162 e. The highest BCUT2D eigenvalue weighted by molar-refractivity contribution is 7.19. The topological polar surface area (TPSA) is 105 Å². The summed E-state index contributed by atoms with van der Waals surface area (Å²) in [6.45, 7) is 4.84. The van der Waals surface area contributed by atoms with Crippen molar-refractivity contribution in [1.82, 2.24) is 25.1 Å². The molecule has 0 amide bonds. The van der Waals surface area contributed by atoms with Crippen molar-refractivity contribution in [3.05, 3.63) is 35.3 Å². The highest BCUT2D eigenvalue weighted by atomic mass is 32.1. The number of anilines is 1. The molecule has 0 radical (unpaired) electrons. The summed E-state index contributed by atoms with van der Waals surface area (Å²) < 4.78 is 12.1. The summed E-state index contributed by atoms with van der Waals surface area (Å²) in [4.78, 5) is 16.4. The summed E-state index contributed by atoms with van der Waals surface area (Å²) in [7, 11) is 1.74. The van der Waals surface area contributed by atoms with Gasteiger partial charge in [-0.25, -0.2) is 9.97 Å². The van der Waals surface area contributed by atoms with Crippen LogP contribution >= 0.6 is 11.3 Å². The van der Waals surface area contributed by atoms with Gasteiger partial charge in [0.15, 0.2) is 11.6 Å². The van der Waals surface area contributed by atoms with Crippen molar-refractivity contribution in [2.75, 3.05) is 51.5 Å². The summed E-state index contributed by atoms with van der Waals surface area (Å²) >= 11 is 1.83. The second-order valence-electron chi connectivity index (χ2n) is 9.97. The maximum atomic E-state index is 6.60. The number of nitrogens with one attached hydrogen (secondary N) is 1. The first-order valence-electron chi connectivity index (χ1n) is 13.3. The van der Waals surface area contributed by atoms with E-state index >= 15 is 0 Å². The van der Waals surface area contributed by atoms with E-state index < -0.39 is 0 Å². The van der Waals surface area contributed by atoms with Gasteiger partial charge in [-0.05, 0) is 44.4 Å². The summed E-state index contributed by atoms with van der Waals surface area (Å²) in [6, 6.07) is 8.85. The minimum absolute atomic E-state index is 0.0328. The Bertz CT molecular complexity index is 1350. The molecule has 2 atom stereocenters. The fourth-order valence-corrected chi connectivity index (χ4v) is 6.84. The summed E-state index contributed by atoms with van der Waals surface area (Å²) in [5, 5.41) is 8.35. The Morgan fingerprint density at radius 1 is 1.22 bits per heavy atom. The van der Waals surface area contributed by atoms with Crippen molar-refractivity contribution in [3.8, 4) is 11.4 Å². The summed E-state index contributed by atoms with van der Waals surface area (Å²) in [5.41, 5.74) is 9.60. The van der Waals surface area contributed by atoms with Gasteiger partial charge >= 0.3 is 0 Å². The second kappa shape index (κ2) is 11.0. The molecule has 2 aliphatic heterocycles. The molecule has 10 heteroatoms. The Hall–Kier alpha value is -2.63. The zero-order valence-corrected chi connectivity index (χ0v) is 22.2. The van der Waals surface area contributed by atoms with Crippen molar-refractivity contribution >= 4 is 38.3 Å². The fraction of sp³-hybridized carbons (Fsp3) is 0.519. The van der Waals surface area contributed by atoms with Gasteiger partial charge in [-0.1, -0.05) is 18.6 Å². The van der Waals surface area contributed by atoms with Gasteiger partial charge in [-0.3, -0.25) is 10.00 Å². The lowest BCUT2D eigenvalue weighted by molar-refractivity contribution is 0.0727. The highest BCUT2D eigenvalue weighted by Gasteiger charge is 2.28. The number of thiophene rings is 1. The monoisotopic (exact) mass is 521 g/mol. The van der Waals surface area contributed by atoms with Crippen LogP contribution in [0.3, 0.4) is 0 Å². The molecule has 6 rings (SSSR count). The largest absolute Gasteiger partial charge is 0.385 e. The van der Waals surface area contributed by atoms with E-state index in [9.17, 15) is 0 Å². The summed E-state index contributed by atoms with van der Waals surface area (Å²) in [6.07, 6.45) is 7.36. The number of aromatic amines is 1. The van der Waals surface area contributed by atoms with Crippen LogP contribution in [0.25, 0.3) is 32.5 Å². The lowest BCUT2D eigenvalue weighted by atomic mass is 9.97. The first-order valence-corrected chi connectivity index (χ1v) is 14.1. The van der Waals surface area contributed by atoms with Crippen LogP contribution in [0.5, 0.6) is 0 Å². The van der Waals surface area contributed by atoms with Crippen LogP contribution in [-0.2, 0) is 15.9 Å². The molecule has 2 aliphatic rings. The molecule has 9 nitrogen and oxygen atoms in total. The van der Waals surface area contributed by atoms with E-state index in [0.29, 0.717) is 25.9 Å². The molecule has 0 bridgehead atoms. The molecule has 2 fully saturated rings. The molecule has 196 valence electrons. The molecule has 2 unspecified atom stereocenters. The van der Waals surface area contributed by atoms with E-state index in [-0.39, 0.29) is 6.17 Å².